The summed E-state index contributed by atoms with van der Waals surface area (Å²) in [6.07, 6.45) is 2.96. The molecule has 2 aliphatic rings. The monoisotopic (exact) mass is 477 g/mol. The molecule has 9 heteroatoms. The Labute approximate surface area is 193 Å². The van der Waals surface area contributed by atoms with E-state index >= 15 is 0 Å². The van der Waals surface area contributed by atoms with Crippen LogP contribution in [0.15, 0.2) is 41.3 Å². The maximum absolute atomic E-state index is 13.0. The molecule has 0 saturated carbocycles. The van der Waals surface area contributed by atoms with Crippen molar-refractivity contribution in [2.45, 2.75) is 62.6 Å². The van der Waals surface area contributed by atoms with Gasteiger partial charge >= 0.3 is 0 Å². The molecule has 2 saturated heterocycles. The van der Waals surface area contributed by atoms with Gasteiger partial charge in [0.15, 0.2) is 0 Å². The Bertz CT molecular complexity index is 1140. The van der Waals surface area contributed by atoms with Crippen molar-refractivity contribution >= 4 is 44.2 Å². The lowest BCUT2D eigenvalue weighted by Crippen LogP contribution is -2.55. The van der Waals surface area contributed by atoms with Gasteiger partial charge in [0, 0.05) is 23.7 Å². The fourth-order valence-corrected chi connectivity index (χ4v) is 6.19. The number of carbonyl (C=O) groups is 2. The minimum atomic E-state index is -3.91. The highest BCUT2D eigenvalue weighted by Gasteiger charge is 2.36. The molecule has 0 aliphatic carbocycles. The van der Waals surface area contributed by atoms with E-state index in [0.717, 1.165) is 23.6 Å². The average Bonchev–Trinajstić information content (AvgIpc) is 3.08. The van der Waals surface area contributed by atoms with E-state index in [4.69, 9.17) is 11.6 Å². The van der Waals surface area contributed by atoms with Gasteiger partial charge in [-0.05, 0) is 74.6 Å². The highest BCUT2D eigenvalue weighted by molar-refractivity contribution is 7.89. The van der Waals surface area contributed by atoms with Crippen LogP contribution in [0.2, 0.25) is 5.02 Å². The van der Waals surface area contributed by atoms with Gasteiger partial charge in [0.05, 0.1) is 11.4 Å². The van der Waals surface area contributed by atoms with Gasteiger partial charge in [-0.3, -0.25) is 9.59 Å². The summed E-state index contributed by atoms with van der Waals surface area (Å²) in [6, 6.07) is 9.44. The van der Waals surface area contributed by atoms with Crippen LogP contribution in [0.3, 0.4) is 0 Å². The Morgan fingerprint density at radius 3 is 2.44 bits per heavy atom. The molecule has 3 unspecified atom stereocenters. The molecular weight excluding hydrogens is 450 g/mol. The maximum atomic E-state index is 13.0. The molecule has 2 aromatic rings. The molecule has 7 nitrogen and oxygen atoms in total. The summed E-state index contributed by atoms with van der Waals surface area (Å²) in [5.41, 5.74) is 0. The molecule has 2 fully saturated rings. The van der Waals surface area contributed by atoms with Gasteiger partial charge in [-0.15, -0.1) is 0 Å². The van der Waals surface area contributed by atoms with E-state index in [1.807, 2.05) is 18.7 Å². The first kappa shape index (κ1) is 23.0. The van der Waals surface area contributed by atoms with E-state index < -0.39 is 16.1 Å². The van der Waals surface area contributed by atoms with Crippen molar-refractivity contribution < 1.29 is 18.0 Å². The Hall–Kier alpha value is -2.16. The zero-order valence-electron chi connectivity index (χ0n) is 18.3. The number of piperidine rings is 1. The van der Waals surface area contributed by atoms with E-state index in [2.05, 4.69) is 4.72 Å². The molecule has 2 amide bonds. The highest BCUT2D eigenvalue weighted by atomic mass is 35.5. The van der Waals surface area contributed by atoms with Gasteiger partial charge in [-0.1, -0.05) is 23.7 Å². The van der Waals surface area contributed by atoms with Gasteiger partial charge in [0.2, 0.25) is 21.8 Å². The first-order chi connectivity index (χ1) is 15.2. The van der Waals surface area contributed by atoms with Gasteiger partial charge in [0.1, 0.15) is 6.04 Å². The molecule has 1 N–H and O–H groups in total. The molecule has 0 spiro atoms. The summed E-state index contributed by atoms with van der Waals surface area (Å²) < 4.78 is 28.6. The fourth-order valence-electron chi connectivity index (χ4n) is 4.76. The second-order valence-corrected chi connectivity index (χ2v) is 11.0. The number of hydrogen-bond acceptors (Lipinski definition) is 4. The first-order valence-electron chi connectivity index (χ1n) is 11.0. The van der Waals surface area contributed by atoms with Crippen LogP contribution in [0, 0.1) is 0 Å². The predicted octanol–water partition coefficient (Wildman–Crippen LogP) is 3.16. The van der Waals surface area contributed by atoms with Gasteiger partial charge in [0.25, 0.3) is 0 Å². The zero-order chi connectivity index (χ0) is 23.0. The van der Waals surface area contributed by atoms with E-state index in [-0.39, 0.29) is 35.3 Å². The minimum Gasteiger partial charge on any atom is -0.336 e. The maximum Gasteiger partial charge on any atom is 0.242 e. The molecule has 0 aromatic heterocycles. The summed E-state index contributed by atoms with van der Waals surface area (Å²) >= 11 is 6.00. The molecule has 2 heterocycles. The fraction of sp³-hybridized carbons (Fsp3) is 0.478. The molecule has 32 heavy (non-hydrogen) atoms. The Morgan fingerprint density at radius 1 is 1.06 bits per heavy atom. The smallest absolute Gasteiger partial charge is 0.242 e. The topological polar surface area (TPSA) is 86.8 Å². The van der Waals surface area contributed by atoms with Crippen LogP contribution in [-0.2, 0) is 19.6 Å². The SMILES string of the molecule is CC1CCC(C)N1C(=O)CN1CCCC(NS(=O)(=O)c2ccc3cc(Cl)ccc3c2)C1=O. The standard InChI is InChI=1S/C23H28ClN3O4S/c1-15-5-6-16(2)27(15)22(28)14-26-11-3-4-21(23(26)29)25-32(30,31)20-10-8-17-12-19(24)9-7-18(17)13-20/h7-10,12-13,15-16,21,25H,3-6,11,14H2,1-2H3. The Balaban J connectivity index is 1.47. The molecule has 4 rings (SSSR count). The van der Waals surface area contributed by atoms with Gasteiger partial charge < -0.3 is 9.80 Å². The van der Waals surface area contributed by atoms with E-state index in [1.54, 1.807) is 30.3 Å². The summed E-state index contributed by atoms with van der Waals surface area (Å²) in [6.45, 7) is 4.49. The highest BCUT2D eigenvalue weighted by Crippen LogP contribution is 2.25. The minimum absolute atomic E-state index is 0.0114. The van der Waals surface area contributed by atoms with E-state index in [9.17, 15) is 18.0 Å². The van der Waals surface area contributed by atoms with Crippen LogP contribution in [0.1, 0.15) is 39.5 Å². The number of benzene rings is 2. The van der Waals surface area contributed by atoms with Crippen molar-refractivity contribution in [2.75, 3.05) is 13.1 Å². The number of sulfonamides is 1. The quantitative estimate of drug-likeness (QED) is 0.716. The number of halogens is 1. The van der Waals surface area contributed by atoms with E-state index in [0.29, 0.717) is 24.4 Å². The molecule has 0 radical (unpaired) electrons. The van der Waals surface area contributed by atoms with Crippen molar-refractivity contribution in [2.24, 2.45) is 0 Å². The van der Waals surface area contributed by atoms with Crippen LogP contribution < -0.4 is 4.72 Å². The molecule has 172 valence electrons. The van der Waals surface area contributed by atoms with Crippen molar-refractivity contribution in [3.8, 4) is 0 Å². The third kappa shape index (κ3) is 4.63. The number of fused-ring (bicyclic) bond motifs is 1. The average molecular weight is 478 g/mol. The van der Waals surface area contributed by atoms with E-state index in [1.165, 1.54) is 11.0 Å². The largest absolute Gasteiger partial charge is 0.336 e. The first-order valence-corrected chi connectivity index (χ1v) is 12.8. The lowest BCUT2D eigenvalue weighted by atomic mass is 10.1. The van der Waals surface area contributed by atoms with Crippen LogP contribution in [0.25, 0.3) is 10.8 Å². The number of nitrogens with one attached hydrogen (secondary N) is 1. The lowest BCUT2D eigenvalue weighted by molar-refractivity contribution is -0.144. The summed E-state index contributed by atoms with van der Waals surface area (Å²) in [7, 11) is -3.91. The van der Waals surface area contributed by atoms with Gasteiger partial charge in [-0.2, -0.15) is 4.72 Å². The number of hydrogen-bond donors (Lipinski definition) is 1. The third-order valence-corrected chi connectivity index (χ3v) is 8.18. The number of carbonyl (C=O) groups excluding carboxylic acids is 2. The second-order valence-electron chi connectivity index (χ2n) is 8.81. The summed E-state index contributed by atoms with van der Waals surface area (Å²) in [5, 5.41) is 2.15. The van der Waals surface area contributed by atoms with Crippen molar-refractivity contribution in [1.82, 2.24) is 14.5 Å². The molecule has 0 bridgehead atoms. The summed E-state index contributed by atoms with van der Waals surface area (Å²) in [5.74, 6) is -0.423. The Kier molecular flexibility index (Phi) is 6.47. The Morgan fingerprint density at radius 2 is 1.72 bits per heavy atom. The van der Waals surface area contributed by atoms with Gasteiger partial charge in [-0.25, -0.2) is 8.42 Å². The van der Waals surface area contributed by atoms with Crippen LogP contribution >= 0.6 is 11.6 Å². The summed E-state index contributed by atoms with van der Waals surface area (Å²) in [4.78, 5) is 29.3. The van der Waals surface area contributed by atoms with Crippen molar-refractivity contribution in [3.05, 3.63) is 41.4 Å². The van der Waals surface area contributed by atoms with Crippen molar-refractivity contribution in [1.29, 1.82) is 0 Å². The molecule has 2 aromatic carbocycles. The lowest BCUT2D eigenvalue weighted by Gasteiger charge is -2.34. The number of rotatable bonds is 5. The number of nitrogens with zero attached hydrogens (tertiary/aromatic N) is 2. The normalized spacial score (nSPS) is 24.3. The van der Waals surface area contributed by atoms with Crippen LogP contribution in [0.5, 0.6) is 0 Å². The predicted molar refractivity (Wildman–Crippen MR) is 124 cm³/mol. The van der Waals surface area contributed by atoms with Crippen molar-refractivity contribution in [3.63, 3.8) is 0 Å². The number of amides is 2. The molecule has 2 aliphatic heterocycles. The number of likely N-dealkylation sites (tertiary alicyclic amines) is 2. The van der Waals surface area contributed by atoms with Crippen LogP contribution in [-0.4, -0.2) is 61.2 Å². The van der Waals surface area contributed by atoms with Crippen LogP contribution in [0.4, 0.5) is 0 Å². The third-order valence-electron chi connectivity index (χ3n) is 6.48. The molecule has 3 atom stereocenters. The zero-order valence-corrected chi connectivity index (χ0v) is 19.8. The second kappa shape index (κ2) is 9.00. The molecular formula is C23H28ClN3O4S.